The van der Waals surface area contributed by atoms with E-state index in [0.29, 0.717) is 16.0 Å². The SMILES string of the molecule is CC(C)[C@H](N)C(=O)OCCNC(=O)OCc1ccc(N(C(N)=O)c2c(F)cccc2F)nc1-c1ccc(F)cc1. The van der Waals surface area contributed by atoms with E-state index >= 15 is 0 Å². The van der Waals surface area contributed by atoms with Crippen molar-refractivity contribution in [2.75, 3.05) is 18.1 Å². The Morgan fingerprint density at radius 2 is 1.62 bits per heavy atom. The average molecular weight is 560 g/mol. The highest BCUT2D eigenvalue weighted by Gasteiger charge is 2.25. The number of esters is 1. The van der Waals surface area contributed by atoms with Crippen molar-refractivity contribution in [3.8, 4) is 11.3 Å². The molecule has 1 atom stereocenters. The predicted molar refractivity (Wildman–Crippen MR) is 140 cm³/mol. The quantitative estimate of drug-likeness (QED) is 0.250. The van der Waals surface area contributed by atoms with Gasteiger partial charge in [-0.25, -0.2) is 32.6 Å². The minimum absolute atomic E-state index is 0.0425. The van der Waals surface area contributed by atoms with Crippen molar-refractivity contribution in [2.45, 2.75) is 26.5 Å². The number of benzene rings is 2. The molecule has 40 heavy (non-hydrogen) atoms. The molecule has 0 saturated heterocycles. The van der Waals surface area contributed by atoms with Gasteiger partial charge in [0.05, 0.1) is 12.2 Å². The lowest BCUT2D eigenvalue weighted by Crippen LogP contribution is -2.38. The highest BCUT2D eigenvalue weighted by Crippen LogP contribution is 2.32. The second-order valence-corrected chi connectivity index (χ2v) is 8.87. The van der Waals surface area contributed by atoms with Crippen LogP contribution in [0.3, 0.4) is 0 Å². The molecule has 5 N–H and O–H groups in total. The second kappa shape index (κ2) is 13.4. The summed E-state index contributed by atoms with van der Waals surface area (Å²) in [5, 5.41) is 2.42. The van der Waals surface area contributed by atoms with Crippen molar-refractivity contribution in [2.24, 2.45) is 17.4 Å². The fourth-order valence-corrected chi connectivity index (χ4v) is 3.48. The number of aromatic nitrogens is 1. The van der Waals surface area contributed by atoms with Gasteiger partial charge in [-0.15, -0.1) is 0 Å². The molecule has 10 nitrogen and oxygen atoms in total. The third-order valence-corrected chi connectivity index (χ3v) is 5.66. The van der Waals surface area contributed by atoms with Gasteiger partial charge in [0.25, 0.3) is 0 Å². The van der Waals surface area contributed by atoms with Gasteiger partial charge in [-0.1, -0.05) is 19.9 Å². The van der Waals surface area contributed by atoms with Gasteiger partial charge in [-0.05, 0) is 54.4 Å². The predicted octanol–water partition coefficient (Wildman–Crippen LogP) is 4.14. The Balaban J connectivity index is 1.80. The number of nitrogens with two attached hydrogens (primary N) is 2. The highest BCUT2D eigenvalue weighted by atomic mass is 19.1. The Kier molecular flexibility index (Phi) is 10.0. The normalized spacial score (nSPS) is 11.6. The molecule has 0 saturated carbocycles. The van der Waals surface area contributed by atoms with Crippen LogP contribution in [0.2, 0.25) is 0 Å². The molecule has 212 valence electrons. The summed E-state index contributed by atoms with van der Waals surface area (Å²) < 4.78 is 52.8. The number of rotatable bonds is 10. The van der Waals surface area contributed by atoms with E-state index in [0.717, 1.165) is 30.3 Å². The number of nitrogens with zero attached hydrogens (tertiary/aromatic N) is 2. The number of ether oxygens (including phenoxy) is 2. The average Bonchev–Trinajstić information content (AvgIpc) is 2.91. The summed E-state index contributed by atoms with van der Waals surface area (Å²) in [6, 6.07) is 8.82. The van der Waals surface area contributed by atoms with E-state index in [9.17, 15) is 27.6 Å². The number of hydrogen-bond donors (Lipinski definition) is 3. The molecule has 3 aromatic rings. The van der Waals surface area contributed by atoms with E-state index < -0.39 is 47.3 Å². The maximum absolute atomic E-state index is 14.5. The van der Waals surface area contributed by atoms with Crippen LogP contribution in [0.25, 0.3) is 11.3 Å². The number of halogens is 3. The maximum Gasteiger partial charge on any atom is 0.407 e. The first-order chi connectivity index (χ1) is 19.0. The van der Waals surface area contributed by atoms with Gasteiger partial charge < -0.3 is 26.3 Å². The molecule has 1 heterocycles. The van der Waals surface area contributed by atoms with Crippen LogP contribution < -0.4 is 21.7 Å². The van der Waals surface area contributed by atoms with Gasteiger partial charge in [0.15, 0.2) is 0 Å². The van der Waals surface area contributed by atoms with E-state index in [4.69, 9.17) is 20.9 Å². The van der Waals surface area contributed by atoms with Gasteiger partial charge >= 0.3 is 18.1 Å². The zero-order valence-corrected chi connectivity index (χ0v) is 21.7. The lowest BCUT2D eigenvalue weighted by molar-refractivity contribution is -0.146. The Labute approximate surface area is 228 Å². The number of hydrogen-bond acceptors (Lipinski definition) is 7. The minimum Gasteiger partial charge on any atom is -0.463 e. The number of primary amides is 1. The first kappa shape index (κ1) is 29.9. The van der Waals surface area contributed by atoms with Crippen molar-refractivity contribution >= 4 is 29.6 Å². The molecule has 0 unspecified atom stereocenters. The largest absolute Gasteiger partial charge is 0.463 e. The molecule has 0 aliphatic rings. The van der Waals surface area contributed by atoms with Crippen LogP contribution in [0.1, 0.15) is 19.4 Å². The number of carbonyl (C=O) groups is 3. The van der Waals surface area contributed by atoms with E-state index in [2.05, 4.69) is 10.3 Å². The van der Waals surface area contributed by atoms with Crippen LogP contribution in [-0.4, -0.2) is 42.3 Å². The maximum atomic E-state index is 14.5. The number of urea groups is 1. The van der Waals surface area contributed by atoms with Crippen LogP contribution in [0.5, 0.6) is 0 Å². The molecule has 3 amide bonds. The van der Waals surface area contributed by atoms with Crippen LogP contribution in [-0.2, 0) is 20.9 Å². The standard InChI is InChI=1S/C27H28F3N5O5/c1-15(2)22(31)25(36)39-13-12-33-27(38)40-14-17-8-11-21(34-23(17)16-6-9-18(28)10-7-16)35(26(32)37)24-19(29)4-3-5-20(24)30/h3-11,15,22H,12-14,31H2,1-2H3,(H2,32,37)(H,33,38)/t22-/m0/s1. The number of anilines is 2. The number of alkyl carbamates (subject to hydrolysis) is 1. The lowest BCUT2D eigenvalue weighted by Gasteiger charge is -2.22. The molecule has 0 aliphatic heterocycles. The second-order valence-electron chi connectivity index (χ2n) is 8.87. The molecule has 0 radical (unpaired) electrons. The number of amides is 3. The number of para-hydroxylation sites is 1. The summed E-state index contributed by atoms with van der Waals surface area (Å²) in [7, 11) is 0. The molecule has 0 bridgehead atoms. The Morgan fingerprint density at radius 3 is 2.23 bits per heavy atom. The van der Waals surface area contributed by atoms with Crippen LogP contribution in [0.4, 0.5) is 34.3 Å². The van der Waals surface area contributed by atoms with E-state index in [1.54, 1.807) is 13.8 Å². The molecule has 0 spiro atoms. The highest BCUT2D eigenvalue weighted by molar-refractivity contribution is 5.98. The Morgan fingerprint density at radius 1 is 0.975 bits per heavy atom. The summed E-state index contributed by atoms with van der Waals surface area (Å²) in [4.78, 5) is 41.1. The molecular weight excluding hydrogens is 531 g/mol. The zero-order valence-electron chi connectivity index (χ0n) is 21.7. The van der Waals surface area contributed by atoms with Crippen molar-refractivity contribution in [1.82, 2.24) is 10.3 Å². The molecular formula is C27H28F3N5O5. The zero-order chi connectivity index (χ0) is 29.4. The summed E-state index contributed by atoms with van der Waals surface area (Å²) >= 11 is 0. The van der Waals surface area contributed by atoms with Gasteiger partial charge in [-0.3, -0.25) is 4.79 Å². The summed E-state index contributed by atoms with van der Waals surface area (Å²) in [6.45, 7) is 3.05. The minimum atomic E-state index is -1.21. The lowest BCUT2D eigenvalue weighted by atomic mass is 10.1. The molecule has 13 heteroatoms. The molecule has 0 fully saturated rings. The summed E-state index contributed by atoms with van der Waals surface area (Å²) in [6.07, 6.45) is -0.842. The number of nitrogens with one attached hydrogen (secondary N) is 1. The van der Waals surface area contributed by atoms with Gasteiger partial charge in [0, 0.05) is 11.1 Å². The van der Waals surface area contributed by atoms with E-state index in [1.807, 2.05) is 0 Å². The monoisotopic (exact) mass is 559 g/mol. The number of carbonyl (C=O) groups excluding carboxylic acids is 3. The Hall–Kier alpha value is -4.65. The van der Waals surface area contributed by atoms with Gasteiger partial charge in [-0.2, -0.15) is 0 Å². The first-order valence-electron chi connectivity index (χ1n) is 12.1. The van der Waals surface area contributed by atoms with Crippen LogP contribution in [0.15, 0.2) is 54.6 Å². The third kappa shape index (κ3) is 7.47. The first-order valence-corrected chi connectivity index (χ1v) is 12.1. The van der Waals surface area contributed by atoms with Crippen LogP contribution in [0, 0.1) is 23.4 Å². The van der Waals surface area contributed by atoms with E-state index in [-0.39, 0.29) is 37.2 Å². The molecule has 2 aromatic carbocycles. The van der Waals surface area contributed by atoms with Crippen molar-refractivity contribution in [3.05, 3.63) is 77.6 Å². The summed E-state index contributed by atoms with van der Waals surface area (Å²) in [5.74, 6) is -3.57. The van der Waals surface area contributed by atoms with Crippen molar-refractivity contribution in [3.63, 3.8) is 0 Å². The fourth-order valence-electron chi connectivity index (χ4n) is 3.48. The molecule has 0 aliphatic carbocycles. The summed E-state index contributed by atoms with van der Waals surface area (Å²) in [5.41, 5.74) is 11.2. The van der Waals surface area contributed by atoms with Crippen molar-refractivity contribution in [1.29, 1.82) is 0 Å². The van der Waals surface area contributed by atoms with Crippen molar-refractivity contribution < 1.29 is 37.0 Å². The number of pyridine rings is 1. The fraction of sp³-hybridized carbons (Fsp3) is 0.259. The van der Waals surface area contributed by atoms with E-state index in [1.165, 1.54) is 24.3 Å². The Bertz CT molecular complexity index is 1350. The van der Waals surface area contributed by atoms with Gasteiger partial charge in [0.1, 0.15) is 48.2 Å². The molecule has 1 aromatic heterocycles. The topological polar surface area (TPSA) is 150 Å². The third-order valence-electron chi connectivity index (χ3n) is 5.66. The smallest absolute Gasteiger partial charge is 0.407 e. The van der Waals surface area contributed by atoms with Gasteiger partial charge in [0.2, 0.25) is 0 Å². The molecule has 3 rings (SSSR count). The van der Waals surface area contributed by atoms with Crippen LogP contribution >= 0.6 is 0 Å².